The van der Waals surface area contributed by atoms with Gasteiger partial charge in [-0.1, -0.05) is 18.2 Å². The number of nitrogens with one attached hydrogen (secondary N) is 1. The van der Waals surface area contributed by atoms with Gasteiger partial charge < -0.3 is 15.2 Å². The van der Waals surface area contributed by atoms with Crippen LogP contribution in [0.15, 0.2) is 30.0 Å². The minimum Gasteiger partial charge on any atom is -0.477 e. The molecular weight excluding hydrogens is 279 g/mol. The lowest BCUT2D eigenvalue weighted by atomic mass is 10.1. The second-order valence-electron chi connectivity index (χ2n) is 3.63. The summed E-state index contributed by atoms with van der Waals surface area (Å²) in [5.74, 6) is -2.71. The molecule has 0 fully saturated rings. The summed E-state index contributed by atoms with van der Waals surface area (Å²) in [6.45, 7) is 1.08. The summed E-state index contributed by atoms with van der Waals surface area (Å²) in [4.78, 5) is 21.7. The van der Waals surface area contributed by atoms with E-state index in [0.29, 0.717) is 0 Å². The predicted octanol–water partition coefficient (Wildman–Crippen LogP) is 2.15. The second kappa shape index (κ2) is 6.09. The van der Waals surface area contributed by atoms with Crippen LogP contribution in [0, 0.1) is 0 Å². The van der Waals surface area contributed by atoms with Gasteiger partial charge in [-0.2, -0.15) is 0 Å². The van der Waals surface area contributed by atoms with Crippen LogP contribution in [-0.2, 0) is 9.59 Å². The van der Waals surface area contributed by atoms with E-state index in [1.807, 2.05) is 5.32 Å². The van der Waals surface area contributed by atoms with E-state index in [0.717, 1.165) is 19.1 Å². The summed E-state index contributed by atoms with van der Waals surface area (Å²) in [5.41, 5.74) is -0.688. The third-order valence-electron chi connectivity index (χ3n) is 1.99. The van der Waals surface area contributed by atoms with Crippen LogP contribution >= 0.6 is 0 Å². The minimum absolute atomic E-state index is 0.129. The molecule has 108 valence electrons. The fourth-order valence-corrected chi connectivity index (χ4v) is 1.31. The van der Waals surface area contributed by atoms with Gasteiger partial charge in [0, 0.05) is 12.5 Å². The molecule has 1 rings (SSSR count). The van der Waals surface area contributed by atoms with Crippen molar-refractivity contribution in [2.24, 2.45) is 0 Å². The lowest BCUT2D eigenvalue weighted by Gasteiger charge is -2.11. The van der Waals surface area contributed by atoms with Crippen LogP contribution in [0.5, 0.6) is 5.75 Å². The molecule has 0 aliphatic rings. The summed E-state index contributed by atoms with van der Waals surface area (Å²) in [6.07, 6.45) is -4.02. The molecule has 0 spiro atoms. The first-order chi connectivity index (χ1) is 9.19. The van der Waals surface area contributed by atoms with Gasteiger partial charge >= 0.3 is 12.3 Å². The predicted molar refractivity (Wildman–Crippen MR) is 62.6 cm³/mol. The lowest BCUT2D eigenvalue weighted by molar-refractivity contribution is -0.274. The zero-order valence-electron chi connectivity index (χ0n) is 10.2. The Hall–Kier alpha value is -2.51. The molecule has 0 atom stereocenters. The van der Waals surface area contributed by atoms with Gasteiger partial charge in [0.2, 0.25) is 5.91 Å². The van der Waals surface area contributed by atoms with Crippen molar-refractivity contribution >= 4 is 18.0 Å². The Morgan fingerprint density at radius 2 is 1.90 bits per heavy atom. The number of carboxylic acid groups (broad SMARTS) is 1. The van der Waals surface area contributed by atoms with Gasteiger partial charge in [0.15, 0.2) is 0 Å². The first-order valence-electron chi connectivity index (χ1n) is 5.26. The summed E-state index contributed by atoms with van der Waals surface area (Å²) in [5, 5.41) is 10.9. The number of alkyl halides is 3. The fraction of sp³-hybridized carbons (Fsp3) is 0.167. The number of ether oxygens (including phenoxy) is 1. The van der Waals surface area contributed by atoms with Gasteiger partial charge in [0.05, 0.1) is 0 Å². The average Bonchev–Trinajstić information content (AvgIpc) is 2.28. The van der Waals surface area contributed by atoms with E-state index in [4.69, 9.17) is 5.11 Å². The molecular formula is C12H10F3NO4. The maximum atomic E-state index is 12.2. The molecule has 0 aliphatic carbocycles. The Kier molecular flexibility index (Phi) is 4.73. The van der Waals surface area contributed by atoms with Crippen molar-refractivity contribution in [3.8, 4) is 5.75 Å². The molecule has 0 heterocycles. The van der Waals surface area contributed by atoms with E-state index in [2.05, 4.69) is 4.74 Å². The number of hydrogen-bond acceptors (Lipinski definition) is 3. The number of aliphatic carboxylic acids is 1. The van der Waals surface area contributed by atoms with E-state index in [1.54, 1.807) is 0 Å². The van der Waals surface area contributed by atoms with Gasteiger partial charge in [0.25, 0.3) is 0 Å². The molecule has 5 nitrogen and oxygen atoms in total. The van der Waals surface area contributed by atoms with Crippen LogP contribution in [0.2, 0.25) is 0 Å². The third kappa shape index (κ3) is 5.01. The largest absolute Gasteiger partial charge is 0.573 e. The topological polar surface area (TPSA) is 75.6 Å². The van der Waals surface area contributed by atoms with Crippen molar-refractivity contribution < 1.29 is 32.6 Å². The zero-order valence-corrected chi connectivity index (χ0v) is 10.2. The standard InChI is InChI=1S/C12H10F3NO4/c1-7(17)16-9(11(18)19)6-8-4-2-3-5-10(8)20-12(13,14)15/h2-6H,1H3,(H,16,17)(H,18,19)/b9-6+. The summed E-state index contributed by atoms with van der Waals surface area (Å²) >= 11 is 0. The molecule has 0 bridgehead atoms. The highest BCUT2D eigenvalue weighted by atomic mass is 19.4. The van der Waals surface area contributed by atoms with Crippen molar-refractivity contribution in [3.63, 3.8) is 0 Å². The average molecular weight is 289 g/mol. The molecule has 0 aliphatic heterocycles. The molecule has 0 unspecified atom stereocenters. The molecule has 8 heteroatoms. The number of benzene rings is 1. The van der Waals surface area contributed by atoms with Crippen molar-refractivity contribution in [2.75, 3.05) is 0 Å². The number of halogens is 3. The zero-order chi connectivity index (χ0) is 15.3. The summed E-state index contributed by atoms with van der Waals surface area (Å²) in [7, 11) is 0. The molecule has 2 N–H and O–H groups in total. The van der Waals surface area contributed by atoms with Crippen molar-refractivity contribution in [1.82, 2.24) is 5.32 Å². The molecule has 20 heavy (non-hydrogen) atoms. The maximum Gasteiger partial charge on any atom is 0.573 e. The quantitative estimate of drug-likeness (QED) is 0.833. The molecule has 0 radical (unpaired) electrons. The Morgan fingerprint density at radius 3 is 2.40 bits per heavy atom. The SMILES string of the molecule is CC(=O)N/C(=C/c1ccccc1OC(F)(F)F)C(=O)O. The van der Waals surface area contributed by atoms with Crippen LogP contribution in [-0.4, -0.2) is 23.3 Å². The van der Waals surface area contributed by atoms with E-state index in [1.165, 1.54) is 18.2 Å². The Balaban J connectivity index is 3.17. The second-order valence-corrected chi connectivity index (χ2v) is 3.63. The van der Waals surface area contributed by atoms with Gasteiger partial charge in [-0.25, -0.2) is 4.79 Å². The van der Waals surface area contributed by atoms with Gasteiger partial charge in [0.1, 0.15) is 11.4 Å². The highest BCUT2D eigenvalue weighted by Gasteiger charge is 2.31. The smallest absolute Gasteiger partial charge is 0.477 e. The number of hydrogen-bond donors (Lipinski definition) is 2. The van der Waals surface area contributed by atoms with E-state index in [-0.39, 0.29) is 5.56 Å². The Labute approximate surface area is 111 Å². The number of carboxylic acids is 1. The molecule has 0 saturated heterocycles. The summed E-state index contributed by atoms with van der Waals surface area (Å²) < 4.78 is 40.4. The third-order valence-corrected chi connectivity index (χ3v) is 1.99. The van der Waals surface area contributed by atoms with Crippen LogP contribution in [0.4, 0.5) is 13.2 Å². The number of carbonyl (C=O) groups excluding carboxylic acids is 1. The molecule has 1 amide bonds. The van der Waals surface area contributed by atoms with Crippen LogP contribution in [0.3, 0.4) is 0 Å². The highest BCUT2D eigenvalue weighted by molar-refractivity contribution is 5.96. The van der Waals surface area contributed by atoms with Crippen LogP contribution in [0.1, 0.15) is 12.5 Å². The van der Waals surface area contributed by atoms with Gasteiger partial charge in [-0.15, -0.1) is 13.2 Å². The monoisotopic (exact) mass is 289 g/mol. The normalized spacial score (nSPS) is 11.9. The number of carbonyl (C=O) groups is 2. The summed E-state index contributed by atoms with van der Waals surface area (Å²) in [6, 6.07) is 4.97. The number of para-hydroxylation sites is 1. The van der Waals surface area contributed by atoms with Crippen LogP contribution < -0.4 is 10.1 Å². The van der Waals surface area contributed by atoms with Gasteiger partial charge in [-0.3, -0.25) is 4.79 Å². The number of rotatable bonds is 4. The Morgan fingerprint density at radius 1 is 1.30 bits per heavy atom. The highest BCUT2D eigenvalue weighted by Crippen LogP contribution is 2.27. The van der Waals surface area contributed by atoms with E-state index < -0.39 is 29.7 Å². The molecule has 0 aromatic heterocycles. The Bertz CT molecular complexity index is 552. The first-order valence-corrected chi connectivity index (χ1v) is 5.26. The molecule has 0 saturated carbocycles. The van der Waals surface area contributed by atoms with Crippen molar-refractivity contribution in [1.29, 1.82) is 0 Å². The minimum atomic E-state index is -4.90. The van der Waals surface area contributed by atoms with Crippen molar-refractivity contribution in [2.45, 2.75) is 13.3 Å². The lowest BCUT2D eigenvalue weighted by Crippen LogP contribution is -2.24. The van der Waals surface area contributed by atoms with E-state index in [9.17, 15) is 22.8 Å². The molecule has 1 aromatic carbocycles. The van der Waals surface area contributed by atoms with Gasteiger partial charge in [-0.05, 0) is 12.1 Å². The maximum absolute atomic E-state index is 12.2. The van der Waals surface area contributed by atoms with E-state index >= 15 is 0 Å². The molecule has 1 aromatic rings. The van der Waals surface area contributed by atoms with Crippen LogP contribution in [0.25, 0.3) is 6.08 Å². The van der Waals surface area contributed by atoms with Crippen molar-refractivity contribution in [3.05, 3.63) is 35.5 Å². The first kappa shape index (κ1) is 15.5. The number of amides is 1. The fourth-order valence-electron chi connectivity index (χ4n) is 1.31.